The van der Waals surface area contributed by atoms with Gasteiger partial charge in [-0.15, -0.1) is 0 Å². The number of hydrogen-bond donors (Lipinski definition) is 2. The van der Waals surface area contributed by atoms with Crippen LogP contribution in [0, 0.1) is 10.1 Å². The van der Waals surface area contributed by atoms with Gasteiger partial charge in [-0.1, -0.05) is 18.2 Å². The van der Waals surface area contributed by atoms with Crippen LogP contribution in [-0.4, -0.2) is 16.7 Å². The highest BCUT2D eigenvalue weighted by Gasteiger charge is 2.16. The van der Waals surface area contributed by atoms with Crippen LogP contribution in [0.1, 0.15) is 20.7 Å². The maximum atomic E-state index is 12.0. The molecule has 2 aromatic carbocycles. The minimum Gasteiger partial charge on any atom is -0.366 e. The van der Waals surface area contributed by atoms with Crippen LogP contribution in [0.4, 0.5) is 11.4 Å². The van der Waals surface area contributed by atoms with E-state index in [4.69, 9.17) is 5.73 Å². The summed E-state index contributed by atoms with van der Waals surface area (Å²) in [4.78, 5) is 33.4. The number of rotatable bonds is 4. The lowest BCUT2D eigenvalue weighted by molar-refractivity contribution is -0.384. The number of nitrogens with zero attached hydrogens (tertiary/aromatic N) is 1. The van der Waals surface area contributed by atoms with Crippen molar-refractivity contribution in [3.63, 3.8) is 0 Å². The fourth-order valence-corrected chi connectivity index (χ4v) is 1.74. The van der Waals surface area contributed by atoms with E-state index in [0.717, 1.165) is 6.07 Å². The van der Waals surface area contributed by atoms with E-state index >= 15 is 0 Å². The molecule has 0 bridgehead atoms. The third-order valence-corrected chi connectivity index (χ3v) is 2.76. The van der Waals surface area contributed by atoms with E-state index in [1.807, 2.05) is 0 Å². The zero-order valence-electron chi connectivity index (χ0n) is 10.8. The average Bonchev–Trinajstić information content (AvgIpc) is 2.48. The molecule has 0 aliphatic heterocycles. The first-order valence-electron chi connectivity index (χ1n) is 5.93. The molecule has 0 aliphatic rings. The second-order valence-corrected chi connectivity index (χ2v) is 4.17. The largest absolute Gasteiger partial charge is 0.366 e. The summed E-state index contributed by atoms with van der Waals surface area (Å²) in [6.45, 7) is 0. The molecule has 3 N–H and O–H groups in total. The zero-order chi connectivity index (χ0) is 15.4. The highest BCUT2D eigenvalue weighted by atomic mass is 16.6. The Hall–Kier alpha value is -3.22. The van der Waals surface area contributed by atoms with Gasteiger partial charge in [-0.3, -0.25) is 19.7 Å². The van der Waals surface area contributed by atoms with Gasteiger partial charge in [0.15, 0.2) is 0 Å². The van der Waals surface area contributed by atoms with Crippen LogP contribution < -0.4 is 11.1 Å². The molecule has 0 aromatic heterocycles. The fourth-order valence-electron chi connectivity index (χ4n) is 1.74. The van der Waals surface area contributed by atoms with E-state index in [1.165, 1.54) is 12.1 Å². The number of nitrogens with two attached hydrogens (primary N) is 1. The highest BCUT2D eigenvalue weighted by Crippen LogP contribution is 2.22. The quantitative estimate of drug-likeness (QED) is 0.659. The topological polar surface area (TPSA) is 115 Å². The number of amides is 2. The van der Waals surface area contributed by atoms with Gasteiger partial charge in [0.2, 0.25) is 0 Å². The summed E-state index contributed by atoms with van der Waals surface area (Å²) in [5.41, 5.74) is 5.31. The van der Waals surface area contributed by atoms with Crippen molar-refractivity contribution in [3.8, 4) is 0 Å². The molecular weight excluding hydrogens is 274 g/mol. The summed E-state index contributed by atoms with van der Waals surface area (Å²) in [6, 6.07) is 11.8. The number of carbonyl (C=O) groups excluding carboxylic acids is 2. The molecule has 0 heterocycles. The van der Waals surface area contributed by atoms with E-state index in [9.17, 15) is 19.7 Å². The number of benzene rings is 2. The second-order valence-electron chi connectivity index (χ2n) is 4.17. The summed E-state index contributed by atoms with van der Waals surface area (Å²) < 4.78 is 0. The number of nitro groups is 1. The Morgan fingerprint density at radius 3 is 2.33 bits per heavy atom. The maximum Gasteiger partial charge on any atom is 0.270 e. The minimum atomic E-state index is -0.859. The summed E-state index contributed by atoms with van der Waals surface area (Å²) in [6.07, 6.45) is 0. The van der Waals surface area contributed by atoms with Crippen LogP contribution in [0.15, 0.2) is 48.5 Å². The lowest BCUT2D eigenvalue weighted by atomic mass is 10.1. The van der Waals surface area contributed by atoms with Gasteiger partial charge in [-0.25, -0.2) is 0 Å². The Bertz CT molecular complexity index is 713. The Labute approximate surface area is 119 Å². The van der Waals surface area contributed by atoms with Gasteiger partial charge in [0.1, 0.15) is 0 Å². The summed E-state index contributed by atoms with van der Waals surface area (Å²) in [7, 11) is 0. The van der Waals surface area contributed by atoms with Gasteiger partial charge in [-0.2, -0.15) is 0 Å². The first-order chi connectivity index (χ1) is 9.99. The van der Waals surface area contributed by atoms with Crippen LogP contribution in [0.3, 0.4) is 0 Å². The summed E-state index contributed by atoms with van der Waals surface area (Å²) in [5.74, 6) is -1.30. The number of nitro benzene ring substituents is 1. The van der Waals surface area contributed by atoms with E-state index in [2.05, 4.69) is 5.32 Å². The van der Waals surface area contributed by atoms with Crippen molar-refractivity contribution in [1.82, 2.24) is 0 Å². The number of nitrogens with one attached hydrogen (secondary N) is 1. The molecule has 0 saturated carbocycles. The first-order valence-corrected chi connectivity index (χ1v) is 5.93. The molecule has 0 aliphatic carbocycles. The van der Waals surface area contributed by atoms with Crippen molar-refractivity contribution in [2.45, 2.75) is 0 Å². The van der Waals surface area contributed by atoms with Crippen molar-refractivity contribution in [2.24, 2.45) is 5.73 Å². The molecule has 0 unspecified atom stereocenters. The van der Waals surface area contributed by atoms with Gasteiger partial charge in [0.25, 0.3) is 17.5 Å². The molecular formula is C14H11N3O4. The van der Waals surface area contributed by atoms with Crippen LogP contribution in [0.2, 0.25) is 0 Å². The van der Waals surface area contributed by atoms with E-state index in [0.29, 0.717) is 5.56 Å². The molecule has 0 saturated heterocycles. The van der Waals surface area contributed by atoms with E-state index < -0.39 is 16.7 Å². The van der Waals surface area contributed by atoms with Gasteiger partial charge in [0, 0.05) is 17.7 Å². The maximum absolute atomic E-state index is 12.0. The molecule has 0 atom stereocenters. The molecule has 2 rings (SSSR count). The average molecular weight is 285 g/mol. The second kappa shape index (κ2) is 5.83. The molecule has 2 amide bonds. The molecule has 2 aromatic rings. The van der Waals surface area contributed by atoms with Crippen molar-refractivity contribution in [3.05, 3.63) is 69.8 Å². The number of primary amides is 1. The number of hydrogen-bond acceptors (Lipinski definition) is 4. The van der Waals surface area contributed by atoms with Gasteiger partial charge < -0.3 is 11.1 Å². The lowest BCUT2D eigenvalue weighted by Gasteiger charge is -2.08. The minimum absolute atomic E-state index is 0.117. The predicted molar refractivity (Wildman–Crippen MR) is 76.0 cm³/mol. The van der Waals surface area contributed by atoms with Gasteiger partial charge in [-0.05, 0) is 18.2 Å². The monoisotopic (exact) mass is 285 g/mol. The van der Waals surface area contributed by atoms with Crippen LogP contribution in [0.5, 0.6) is 0 Å². The standard InChI is InChI=1S/C14H11N3O4/c15-13(18)11-8-10(17(20)21)6-7-12(11)16-14(19)9-4-2-1-3-5-9/h1-8H,(H2,15,18)(H,16,19). The van der Waals surface area contributed by atoms with Gasteiger partial charge >= 0.3 is 0 Å². The zero-order valence-corrected chi connectivity index (χ0v) is 10.8. The van der Waals surface area contributed by atoms with Gasteiger partial charge in [0.05, 0.1) is 16.2 Å². The SMILES string of the molecule is NC(=O)c1cc([N+](=O)[O-])ccc1NC(=O)c1ccccc1. The molecule has 0 fully saturated rings. The molecule has 7 heteroatoms. The van der Waals surface area contributed by atoms with Crippen molar-refractivity contribution in [2.75, 3.05) is 5.32 Å². The van der Waals surface area contributed by atoms with E-state index in [1.54, 1.807) is 30.3 Å². The number of non-ortho nitro benzene ring substituents is 1. The number of anilines is 1. The van der Waals surface area contributed by atoms with Crippen molar-refractivity contribution < 1.29 is 14.5 Å². The molecule has 0 radical (unpaired) electrons. The Morgan fingerprint density at radius 1 is 1.10 bits per heavy atom. The summed E-state index contributed by atoms with van der Waals surface area (Å²) in [5, 5.41) is 13.2. The highest BCUT2D eigenvalue weighted by molar-refractivity contribution is 6.08. The van der Waals surface area contributed by atoms with Crippen molar-refractivity contribution in [1.29, 1.82) is 0 Å². The third-order valence-electron chi connectivity index (χ3n) is 2.76. The Morgan fingerprint density at radius 2 is 1.76 bits per heavy atom. The summed E-state index contributed by atoms with van der Waals surface area (Å²) >= 11 is 0. The lowest BCUT2D eigenvalue weighted by Crippen LogP contribution is -2.18. The number of carbonyl (C=O) groups is 2. The Kier molecular flexibility index (Phi) is 3.94. The molecule has 106 valence electrons. The normalized spacial score (nSPS) is 9.90. The Balaban J connectivity index is 2.34. The van der Waals surface area contributed by atoms with E-state index in [-0.39, 0.29) is 16.9 Å². The molecule has 0 spiro atoms. The molecule has 7 nitrogen and oxygen atoms in total. The smallest absolute Gasteiger partial charge is 0.270 e. The van der Waals surface area contributed by atoms with Crippen molar-refractivity contribution >= 4 is 23.2 Å². The molecule has 21 heavy (non-hydrogen) atoms. The van der Waals surface area contributed by atoms with Crippen LogP contribution in [-0.2, 0) is 0 Å². The van der Waals surface area contributed by atoms with Crippen LogP contribution >= 0.6 is 0 Å². The third kappa shape index (κ3) is 3.21. The fraction of sp³-hybridized carbons (Fsp3) is 0. The first kappa shape index (κ1) is 14.2. The predicted octanol–water partition coefficient (Wildman–Crippen LogP) is 1.95. The van der Waals surface area contributed by atoms with Crippen LogP contribution in [0.25, 0.3) is 0 Å².